The number of carboxylic acids is 2. The van der Waals surface area contributed by atoms with Crippen LogP contribution in [0.15, 0.2) is 10.6 Å². The number of imide groups is 1. The molecule has 0 fully saturated rings. The van der Waals surface area contributed by atoms with Gasteiger partial charge in [0.25, 0.3) is 11.8 Å². The van der Waals surface area contributed by atoms with Crippen LogP contribution in [0.3, 0.4) is 0 Å². The number of nitrogens with zero attached hydrogens (tertiary/aromatic N) is 1. The highest BCUT2D eigenvalue weighted by molar-refractivity contribution is 9.12. The van der Waals surface area contributed by atoms with Crippen LogP contribution in [0.4, 0.5) is 0 Å². The van der Waals surface area contributed by atoms with E-state index < -0.39 is 42.4 Å². The summed E-state index contributed by atoms with van der Waals surface area (Å²) in [7, 11) is 1.44. The number of hydrogen-bond donors (Lipinski definition) is 6. The molecule has 0 aliphatic carbocycles. The maximum Gasteiger partial charge on any atom is 0.322 e. The summed E-state index contributed by atoms with van der Waals surface area (Å²) in [5.74, 6) is -4.25. The van der Waals surface area contributed by atoms with Crippen molar-refractivity contribution in [3.05, 3.63) is 10.6 Å². The van der Waals surface area contributed by atoms with Crippen LogP contribution in [-0.4, -0.2) is 82.1 Å². The summed E-state index contributed by atoms with van der Waals surface area (Å²) >= 11 is 6.81. The third-order valence-corrected chi connectivity index (χ3v) is 4.27. The molecule has 0 radical (unpaired) electrons. The Balaban J connectivity index is 0.000000717. The summed E-state index contributed by atoms with van der Waals surface area (Å²) in [6, 6.07) is -2.15. The molecule has 0 aromatic carbocycles. The van der Waals surface area contributed by atoms with E-state index in [0.717, 1.165) is 4.90 Å². The lowest BCUT2D eigenvalue weighted by Gasteiger charge is -2.16. The second-order valence-corrected chi connectivity index (χ2v) is 6.81. The van der Waals surface area contributed by atoms with Gasteiger partial charge in [-0.3, -0.25) is 33.7 Å². The van der Waals surface area contributed by atoms with Crippen LogP contribution in [0, 0.1) is 0 Å². The normalized spacial score (nSPS) is 14.9. The molecular weight excluding hydrogens is 476 g/mol. The molecular formula is C15H21BrN4O8S. The Hall–Kier alpha value is -2.45. The fraction of sp³-hybridized carbons (Fsp3) is 0.467. The van der Waals surface area contributed by atoms with Gasteiger partial charge in [0.15, 0.2) is 0 Å². The highest BCUT2D eigenvalue weighted by Gasteiger charge is 2.25. The van der Waals surface area contributed by atoms with Crippen LogP contribution < -0.4 is 16.4 Å². The number of carbonyl (C=O) groups is 6. The molecule has 12 nitrogen and oxygen atoms in total. The predicted octanol–water partition coefficient (Wildman–Crippen LogP) is -1.94. The summed E-state index contributed by atoms with van der Waals surface area (Å²) in [6.45, 7) is -0.567. The molecule has 1 rings (SSSR count). The minimum atomic E-state index is -1.22. The SMILES string of the molecule is CN1C(=O)C=C(Br)C1=O.N[C@@H](CCC(=O)N[C@@H](CS)C(=O)NCC(=O)O)C(=O)O. The van der Waals surface area contributed by atoms with Gasteiger partial charge in [0, 0.05) is 25.3 Å². The second-order valence-electron chi connectivity index (χ2n) is 5.59. The topological polar surface area (TPSA) is 196 Å². The zero-order valence-electron chi connectivity index (χ0n) is 15.3. The molecule has 0 aromatic heterocycles. The number of carboxylic acid groups (broad SMARTS) is 2. The monoisotopic (exact) mass is 496 g/mol. The van der Waals surface area contributed by atoms with Gasteiger partial charge in [-0.05, 0) is 22.4 Å². The van der Waals surface area contributed by atoms with Crippen LogP contribution in [0.25, 0.3) is 0 Å². The van der Waals surface area contributed by atoms with E-state index in [1.807, 2.05) is 0 Å². The molecule has 0 unspecified atom stereocenters. The Labute approximate surface area is 179 Å². The fourth-order valence-corrected chi connectivity index (χ4v) is 2.40. The van der Waals surface area contributed by atoms with E-state index in [4.69, 9.17) is 15.9 Å². The molecule has 4 amide bonds. The number of likely N-dealkylation sites (N-methyl/N-ethyl adjacent to an activating group) is 1. The Kier molecular flexibility index (Phi) is 11.8. The first-order valence-corrected chi connectivity index (χ1v) is 9.40. The van der Waals surface area contributed by atoms with E-state index in [1.54, 1.807) is 0 Å². The van der Waals surface area contributed by atoms with Crippen molar-refractivity contribution in [2.45, 2.75) is 24.9 Å². The van der Waals surface area contributed by atoms with Crippen LogP contribution in [0.5, 0.6) is 0 Å². The lowest BCUT2D eigenvalue weighted by molar-refractivity contribution is -0.139. The van der Waals surface area contributed by atoms with Crippen molar-refractivity contribution < 1.29 is 39.0 Å². The van der Waals surface area contributed by atoms with Crippen molar-refractivity contribution in [1.29, 1.82) is 0 Å². The van der Waals surface area contributed by atoms with E-state index in [-0.39, 0.29) is 30.4 Å². The lowest BCUT2D eigenvalue weighted by atomic mass is 10.1. The number of nitrogens with two attached hydrogens (primary N) is 1. The van der Waals surface area contributed by atoms with Gasteiger partial charge in [-0.2, -0.15) is 12.6 Å². The standard InChI is InChI=1S/C10H17N3O6S.C5H4BrNO2/c11-5(10(18)19)1-2-7(14)13-6(4-20)9(17)12-3-8(15)16;1-7-4(8)2-3(6)5(7)9/h5-6,20H,1-4,11H2,(H,12,17)(H,13,14)(H,15,16)(H,18,19);2H,1H3/t5-,6-;/m0./s1. The molecule has 2 atom stereocenters. The van der Waals surface area contributed by atoms with Gasteiger partial charge in [-0.15, -0.1) is 0 Å². The molecule has 1 heterocycles. The Morgan fingerprint density at radius 1 is 1.28 bits per heavy atom. The molecule has 0 spiro atoms. The summed E-state index contributed by atoms with van der Waals surface area (Å²) in [4.78, 5) is 66.1. The van der Waals surface area contributed by atoms with Gasteiger partial charge < -0.3 is 26.6 Å². The molecule has 6 N–H and O–H groups in total. The van der Waals surface area contributed by atoms with Gasteiger partial charge in [0.05, 0.1) is 4.48 Å². The third kappa shape index (κ3) is 10.0. The van der Waals surface area contributed by atoms with Crippen molar-refractivity contribution in [3.8, 4) is 0 Å². The lowest BCUT2D eigenvalue weighted by Crippen LogP contribution is -2.49. The smallest absolute Gasteiger partial charge is 0.322 e. The molecule has 0 saturated heterocycles. The highest BCUT2D eigenvalue weighted by Crippen LogP contribution is 2.15. The van der Waals surface area contributed by atoms with Crippen molar-refractivity contribution in [3.63, 3.8) is 0 Å². The molecule has 14 heteroatoms. The van der Waals surface area contributed by atoms with Crippen LogP contribution >= 0.6 is 28.6 Å². The number of aliphatic carboxylic acids is 2. The molecule has 1 aliphatic rings. The Morgan fingerprint density at radius 2 is 1.86 bits per heavy atom. The van der Waals surface area contributed by atoms with Gasteiger partial charge in [0.2, 0.25) is 11.8 Å². The number of amides is 4. The number of carbonyl (C=O) groups excluding carboxylic acids is 4. The fourth-order valence-electron chi connectivity index (χ4n) is 1.68. The quantitative estimate of drug-likeness (QED) is 0.155. The number of rotatable bonds is 9. The molecule has 1 aliphatic heterocycles. The zero-order chi connectivity index (χ0) is 22.7. The molecule has 0 aromatic rings. The maximum atomic E-state index is 11.5. The maximum absolute atomic E-state index is 11.5. The van der Waals surface area contributed by atoms with Crippen molar-refractivity contribution in [2.75, 3.05) is 19.3 Å². The van der Waals surface area contributed by atoms with E-state index in [1.165, 1.54) is 13.1 Å². The summed E-state index contributed by atoms with van der Waals surface area (Å²) in [5.41, 5.74) is 5.23. The average molecular weight is 497 g/mol. The summed E-state index contributed by atoms with van der Waals surface area (Å²) < 4.78 is 0.329. The number of halogens is 1. The van der Waals surface area contributed by atoms with Crippen molar-refractivity contribution >= 4 is 64.1 Å². The van der Waals surface area contributed by atoms with Gasteiger partial charge in [-0.25, -0.2) is 0 Å². The van der Waals surface area contributed by atoms with E-state index in [0.29, 0.717) is 4.48 Å². The molecule has 29 heavy (non-hydrogen) atoms. The largest absolute Gasteiger partial charge is 0.480 e. The Morgan fingerprint density at radius 3 is 2.21 bits per heavy atom. The van der Waals surface area contributed by atoms with E-state index in [2.05, 4.69) is 39.2 Å². The number of nitrogens with one attached hydrogen (secondary N) is 2. The minimum Gasteiger partial charge on any atom is -0.480 e. The van der Waals surface area contributed by atoms with Crippen LogP contribution in [0.1, 0.15) is 12.8 Å². The summed E-state index contributed by atoms with van der Waals surface area (Å²) in [6.07, 6.45) is 1.02. The zero-order valence-corrected chi connectivity index (χ0v) is 17.7. The van der Waals surface area contributed by atoms with Crippen LogP contribution in [-0.2, 0) is 28.8 Å². The summed E-state index contributed by atoms with van der Waals surface area (Å²) in [5, 5.41) is 21.4. The highest BCUT2D eigenvalue weighted by atomic mass is 79.9. The molecule has 0 saturated carbocycles. The third-order valence-electron chi connectivity index (χ3n) is 3.34. The first-order valence-electron chi connectivity index (χ1n) is 7.98. The van der Waals surface area contributed by atoms with Crippen molar-refractivity contribution in [2.24, 2.45) is 5.73 Å². The van der Waals surface area contributed by atoms with Gasteiger partial charge in [-0.1, -0.05) is 0 Å². The van der Waals surface area contributed by atoms with Gasteiger partial charge >= 0.3 is 11.9 Å². The number of hydrogen-bond acceptors (Lipinski definition) is 8. The number of thiol groups is 1. The van der Waals surface area contributed by atoms with Gasteiger partial charge in [0.1, 0.15) is 18.6 Å². The Bertz CT molecular complexity index is 714. The van der Waals surface area contributed by atoms with Crippen LogP contribution in [0.2, 0.25) is 0 Å². The van der Waals surface area contributed by atoms with Crippen molar-refractivity contribution in [1.82, 2.24) is 15.5 Å². The second kappa shape index (κ2) is 12.9. The first kappa shape index (κ1) is 26.6. The predicted molar refractivity (Wildman–Crippen MR) is 106 cm³/mol. The van der Waals surface area contributed by atoms with E-state index in [9.17, 15) is 28.8 Å². The minimum absolute atomic E-state index is 0.0256. The molecule has 162 valence electrons. The van der Waals surface area contributed by atoms with E-state index >= 15 is 0 Å². The first-order chi connectivity index (χ1) is 13.4. The molecule has 0 bridgehead atoms. The average Bonchev–Trinajstić information content (AvgIpc) is 2.88.